The highest BCUT2D eigenvalue weighted by Gasteiger charge is 2.44. The van der Waals surface area contributed by atoms with Crippen molar-refractivity contribution in [1.82, 2.24) is 34.0 Å². The largest absolute Gasteiger partial charge is 0.411 e. The summed E-state index contributed by atoms with van der Waals surface area (Å²) in [6.45, 7) is 10.2. The molecule has 5 rings (SSSR count). The average molecular weight is 747 g/mol. The number of fused-ring (bicyclic) bond motifs is 1. The number of carbonyl (C=O) groups is 2. The lowest BCUT2D eigenvalue weighted by Crippen LogP contribution is -2.59. The normalized spacial score (nSPS) is 15.9. The summed E-state index contributed by atoms with van der Waals surface area (Å²) in [4.78, 5) is 40.7. The molecule has 14 nitrogen and oxygen atoms in total. The molecule has 3 N–H and O–H groups in total. The number of nitrogens with one attached hydrogen (secondary N) is 1. The summed E-state index contributed by atoms with van der Waals surface area (Å²) in [5, 5.41) is 26.8. The number of oxime groups is 1. The van der Waals surface area contributed by atoms with Crippen molar-refractivity contribution in [2.75, 3.05) is 26.2 Å². The number of amides is 3. The number of sulfonamides is 1. The van der Waals surface area contributed by atoms with Crippen molar-refractivity contribution < 1.29 is 28.3 Å². The van der Waals surface area contributed by atoms with Gasteiger partial charge in [0.15, 0.2) is 5.65 Å². The molecule has 0 spiro atoms. The Balaban J connectivity index is 1.39. The van der Waals surface area contributed by atoms with Crippen molar-refractivity contribution in [3.05, 3.63) is 89.9 Å². The van der Waals surface area contributed by atoms with Gasteiger partial charge in [-0.3, -0.25) is 4.79 Å². The Morgan fingerprint density at radius 3 is 2.36 bits per heavy atom. The highest BCUT2D eigenvalue weighted by atomic mass is 32.2. The maximum Gasteiger partial charge on any atom is 0.321 e. The quantitative estimate of drug-likeness (QED) is 0.0935. The zero-order valence-electron chi connectivity index (χ0n) is 31.1. The number of aryl methyl sites for hydroxylation is 1. The number of rotatable bonds is 15. The second kappa shape index (κ2) is 16.4. The topological polar surface area (TPSA) is 174 Å². The van der Waals surface area contributed by atoms with Crippen molar-refractivity contribution in [3.8, 4) is 0 Å². The van der Waals surface area contributed by atoms with Crippen LogP contribution < -0.4 is 5.32 Å². The van der Waals surface area contributed by atoms with Crippen molar-refractivity contribution in [1.29, 1.82) is 0 Å². The van der Waals surface area contributed by atoms with Gasteiger partial charge in [0.2, 0.25) is 15.9 Å². The standard InChI is InChI=1S/C38H50N8O6S/c1-26(2)23-45(53(51,52)29-16-14-28(15-17-29)22-40-50)24-32(47)31(21-27-11-8-7-9-12-27)42-36(48)34(38(3,4)5)46-20-19-44(37(46)49)25-33-41-30-13-10-18-39-35(30)43(33)6/h7-18,22,26,31-32,34,47,50H,19-21,23-25H2,1-6H3,(H,42,48)/t31-,32-,34+/m0/s1. The van der Waals surface area contributed by atoms with Gasteiger partial charge in [0, 0.05) is 39.4 Å². The SMILES string of the molecule is CC(C)CN(C[C@H](O)[C@H](Cc1ccccc1)NC(=O)[C@@H](N1CCN(Cc2nc3cccnc3n2C)C1=O)C(C)(C)C)S(=O)(=O)c1ccc(C=NO)cc1. The molecule has 0 aliphatic carbocycles. The zero-order valence-corrected chi connectivity index (χ0v) is 31.9. The van der Waals surface area contributed by atoms with Crippen molar-refractivity contribution in [2.24, 2.45) is 23.5 Å². The number of aliphatic hydroxyl groups is 1. The lowest BCUT2D eigenvalue weighted by molar-refractivity contribution is -0.130. The molecule has 1 fully saturated rings. The van der Waals surface area contributed by atoms with Crippen LogP contribution in [0.2, 0.25) is 0 Å². The average Bonchev–Trinajstić information content (AvgIpc) is 3.62. The van der Waals surface area contributed by atoms with E-state index in [0.717, 1.165) is 11.1 Å². The first-order valence-electron chi connectivity index (χ1n) is 17.7. The summed E-state index contributed by atoms with van der Waals surface area (Å²) in [5.74, 6) is 0.154. The molecule has 1 aliphatic heterocycles. The zero-order chi connectivity index (χ0) is 38.5. The van der Waals surface area contributed by atoms with Gasteiger partial charge in [-0.25, -0.2) is 23.2 Å². The smallest absolute Gasteiger partial charge is 0.321 e. The Morgan fingerprint density at radius 1 is 1.04 bits per heavy atom. The predicted molar refractivity (Wildman–Crippen MR) is 202 cm³/mol. The molecule has 1 saturated heterocycles. The Kier molecular flexibility index (Phi) is 12.2. The van der Waals surface area contributed by atoms with E-state index in [2.05, 4.69) is 20.4 Å². The second-order valence-corrected chi connectivity index (χ2v) is 16.9. The molecule has 3 atom stereocenters. The van der Waals surface area contributed by atoms with Gasteiger partial charge in [-0.05, 0) is 53.1 Å². The molecule has 3 heterocycles. The fourth-order valence-electron chi connectivity index (χ4n) is 6.74. The third kappa shape index (κ3) is 9.21. The summed E-state index contributed by atoms with van der Waals surface area (Å²) in [6.07, 6.45) is 1.80. The van der Waals surface area contributed by atoms with Gasteiger partial charge in [0.25, 0.3) is 0 Å². The highest BCUT2D eigenvalue weighted by molar-refractivity contribution is 7.89. The van der Waals surface area contributed by atoms with Crippen LogP contribution in [-0.4, -0.2) is 110 Å². The first-order chi connectivity index (χ1) is 25.1. The van der Waals surface area contributed by atoms with Gasteiger partial charge in [-0.15, -0.1) is 0 Å². The Labute approximate surface area is 311 Å². The summed E-state index contributed by atoms with van der Waals surface area (Å²) >= 11 is 0. The van der Waals surface area contributed by atoms with Crippen molar-refractivity contribution in [2.45, 2.75) is 70.7 Å². The molecule has 15 heteroatoms. The van der Waals surface area contributed by atoms with Crippen LogP contribution in [0.4, 0.5) is 4.79 Å². The van der Waals surface area contributed by atoms with Gasteiger partial charge in [0.1, 0.15) is 17.4 Å². The maximum atomic E-state index is 14.4. The first-order valence-corrected chi connectivity index (χ1v) is 19.2. The summed E-state index contributed by atoms with van der Waals surface area (Å²) in [6, 6.07) is 16.8. The van der Waals surface area contributed by atoms with Crippen LogP contribution in [0.5, 0.6) is 0 Å². The van der Waals surface area contributed by atoms with E-state index >= 15 is 0 Å². The lowest BCUT2D eigenvalue weighted by atomic mass is 9.84. The molecule has 53 heavy (non-hydrogen) atoms. The number of carbonyl (C=O) groups excluding carboxylic acids is 2. The third-order valence-corrected chi connectivity index (χ3v) is 11.2. The van der Waals surface area contributed by atoms with Crippen LogP contribution in [0.1, 0.15) is 51.6 Å². The van der Waals surface area contributed by atoms with Crippen LogP contribution in [0.3, 0.4) is 0 Å². The van der Waals surface area contributed by atoms with Crippen LogP contribution in [0, 0.1) is 11.3 Å². The minimum atomic E-state index is -4.08. The molecule has 3 amide bonds. The van der Waals surface area contributed by atoms with Gasteiger partial charge in [-0.1, -0.05) is 82.2 Å². The first kappa shape index (κ1) is 39.3. The Morgan fingerprint density at radius 2 is 1.74 bits per heavy atom. The van der Waals surface area contributed by atoms with E-state index in [0.29, 0.717) is 30.1 Å². The minimum absolute atomic E-state index is 0.0175. The van der Waals surface area contributed by atoms with Gasteiger partial charge in [0.05, 0.1) is 29.8 Å². The number of imidazole rings is 1. The third-order valence-electron chi connectivity index (χ3n) is 9.33. The molecule has 4 aromatic rings. The number of hydrogen-bond donors (Lipinski definition) is 3. The number of pyridine rings is 1. The highest BCUT2D eigenvalue weighted by Crippen LogP contribution is 2.29. The molecule has 2 aromatic heterocycles. The van der Waals surface area contributed by atoms with Crippen LogP contribution in [0.15, 0.2) is 83.0 Å². The van der Waals surface area contributed by atoms with E-state index in [9.17, 15) is 23.1 Å². The fourth-order valence-corrected chi connectivity index (χ4v) is 8.36. The van der Waals surface area contributed by atoms with Crippen molar-refractivity contribution >= 4 is 39.3 Å². The van der Waals surface area contributed by atoms with Crippen molar-refractivity contribution in [3.63, 3.8) is 0 Å². The fraction of sp³-hybridized carbons (Fsp3) is 0.447. The number of hydrogen-bond acceptors (Lipinski definition) is 9. The predicted octanol–water partition coefficient (Wildman–Crippen LogP) is 3.86. The second-order valence-electron chi connectivity index (χ2n) is 15.0. The Hall–Kier alpha value is -4.86. The summed E-state index contributed by atoms with van der Waals surface area (Å²) in [5.41, 5.74) is 2.10. The molecular formula is C38H50N8O6S. The summed E-state index contributed by atoms with van der Waals surface area (Å²) < 4.78 is 31.0. The van der Waals surface area contributed by atoms with Gasteiger partial charge in [-0.2, -0.15) is 4.31 Å². The number of benzene rings is 2. The Bertz CT molecular complexity index is 2010. The molecule has 2 aromatic carbocycles. The van der Waals surface area contributed by atoms with E-state index in [1.54, 1.807) is 16.0 Å². The molecule has 0 unspecified atom stereocenters. The minimum Gasteiger partial charge on any atom is -0.411 e. The number of aliphatic hydroxyl groups excluding tert-OH is 1. The maximum absolute atomic E-state index is 14.4. The number of aromatic nitrogens is 3. The molecule has 0 saturated carbocycles. The van der Waals surface area contributed by atoms with Crippen LogP contribution in [0.25, 0.3) is 11.2 Å². The van der Waals surface area contributed by atoms with E-state index in [1.165, 1.54) is 34.8 Å². The van der Waals surface area contributed by atoms with E-state index < -0.39 is 39.5 Å². The van der Waals surface area contributed by atoms with E-state index in [4.69, 9.17) is 5.21 Å². The van der Waals surface area contributed by atoms with Crippen LogP contribution >= 0.6 is 0 Å². The summed E-state index contributed by atoms with van der Waals surface area (Å²) in [7, 11) is -2.22. The monoisotopic (exact) mass is 746 g/mol. The molecular weight excluding hydrogens is 697 g/mol. The van der Waals surface area contributed by atoms with E-state index in [1.807, 2.05) is 88.7 Å². The van der Waals surface area contributed by atoms with Crippen LogP contribution in [-0.2, 0) is 34.8 Å². The lowest BCUT2D eigenvalue weighted by Gasteiger charge is -2.38. The number of nitrogens with zero attached hydrogens (tertiary/aromatic N) is 7. The van der Waals surface area contributed by atoms with Gasteiger partial charge >= 0.3 is 6.03 Å². The molecule has 0 bridgehead atoms. The molecule has 1 aliphatic rings. The molecule has 0 radical (unpaired) electrons. The molecule has 284 valence electrons. The van der Waals surface area contributed by atoms with E-state index in [-0.39, 0.29) is 42.9 Å². The number of urea groups is 1. The van der Waals surface area contributed by atoms with Gasteiger partial charge < -0.3 is 30.0 Å².